The van der Waals surface area contributed by atoms with Gasteiger partial charge >= 0.3 is 0 Å². The Kier molecular flexibility index (Phi) is 5.41. The Morgan fingerprint density at radius 1 is 1.18 bits per heavy atom. The number of nitrogens with zero attached hydrogens (tertiary/aromatic N) is 2. The highest BCUT2D eigenvalue weighted by atomic mass is 16.5. The molecule has 1 aliphatic rings. The summed E-state index contributed by atoms with van der Waals surface area (Å²) in [5.41, 5.74) is 4.07. The summed E-state index contributed by atoms with van der Waals surface area (Å²) < 4.78 is 7.63. The largest absolute Gasteiger partial charge is 0.383 e. The molecule has 1 heterocycles. The number of allylic oxidation sites excluding steroid dienone is 2. The van der Waals surface area contributed by atoms with Crippen LogP contribution in [0.5, 0.6) is 0 Å². The van der Waals surface area contributed by atoms with Crippen molar-refractivity contribution in [3.63, 3.8) is 0 Å². The van der Waals surface area contributed by atoms with E-state index >= 15 is 0 Å². The van der Waals surface area contributed by atoms with Crippen molar-refractivity contribution in [3.8, 4) is 0 Å². The van der Waals surface area contributed by atoms with Crippen LogP contribution in [0.1, 0.15) is 33.3 Å². The molecule has 3 nitrogen and oxygen atoms in total. The summed E-state index contributed by atoms with van der Waals surface area (Å²) in [6, 6.07) is 8.70. The van der Waals surface area contributed by atoms with E-state index in [1.54, 1.807) is 7.11 Å². The van der Waals surface area contributed by atoms with Crippen molar-refractivity contribution < 1.29 is 9.31 Å². The Balaban J connectivity index is 2.46. The zero-order valence-corrected chi connectivity index (χ0v) is 14.6. The van der Waals surface area contributed by atoms with E-state index in [0.717, 1.165) is 26.2 Å². The molecule has 0 aliphatic carbocycles. The molecule has 0 amide bonds. The second-order valence-electron chi connectivity index (χ2n) is 6.21. The van der Waals surface area contributed by atoms with Gasteiger partial charge in [-0.3, -0.25) is 0 Å². The highest BCUT2D eigenvalue weighted by Crippen LogP contribution is 2.47. The van der Waals surface area contributed by atoms with Crippen LogP contribution in [0.25, 0.3) is 0 Å². The van der Waals surface area contributed by atoms with E-state index in [9.17, 15) is 0 Å². The number of hydrogen-bond donors (Lipinski definition) is 0. The second-order valence-corrected chi connectivity index (χ2v) is 6.21. The Labute approximate surface area is 134 Å². The van der Waals surface area contributed by atoms with Crippen LogP contribution in [0.4, 0.5) is 5.69 Å². The van der Waals surface area contributed by atoms with Crippen LogP contribution in [0.15, 0.2) is 36.0 Å². The molecule has 1 aliphatic heterocycles. The zero-order chi connectivity index (χ0) is 16.2. The summed E-state index contributed by atoms with van der Waals surface area (Å²) in [4.78, 5) is 2.40. The standard InChI is InChI=1S/C19H29N2O/c1-6-20(7-2)13-12-18-19(3,4)16-10-8-9-11-17(16)21(18)14-15-22-5/h8-13H,6-7,14-15H2,1-5H3/q+1. The van der Waals surface area contributed by atoms with Gasteiger partial charge in [0.1, 0.15) is 13.1 Å². The maximum absolute atomic E-state index is 5.31. The molecule has 0 bridgehead atoms. The van der Waals surface area contributed by atoms with Gasteiger partial charge in [0.2, 0.25) is 0 Å². The number of fused-ring (bicyclic) bond motifs is 1. The fraction of sp³-hybridized carbons (Fsp3) is 0.526. The Morgan fingerprint density at radius 2 is 1.86 bits per heavy atom. The lowest BCUT2D eigenvalue weighted by molar-refractivity contribution is -0.515. The van der Waals surface area contributed by atoms with Crippen molar-refractivity contribution in [2.45, 2.75) is 33.1 Å². The third-order valence-corrected chi connectivity index (χ3v) is 4.57. The first kappa shape index (κ1) is 16.8. The average Bonchev–Trinajstić information content (AvgIpc) is 2.74. The van der Waals surface area contributed by atoms with Crippen molar-refractivity contribution >= 4 is 11.9 Å². The fourth-order valence-corrected chi connectivity index (χ4v) is 3.17. The number of anilines is 1. The number of rotatable bonds is 6. The van der Waals surface area contributed by atoms with Crippen LogP contribution in [-0.4, -0.2) is 44.1 Å². The number of benzene rings is 1. The van der Waals surface area contributed by atoms with E-state index in [2.05, 4.69) is 73.7 Å². The van der Waals surface area contributed by atoms with Crippen LogP contribution < -0.4 is 4.90 Å². The Bertz CT molecular complexity index is 567. The topological polar surface area (TPSA) is 15.5 Å². The highest BCUT2D eigenvalue weighted by Gasteiger charge is 2.39. The van der Waals surface area contributed by atoms with Gasteiger partial charge in [-0.05, 0) is 25.5 Å². The lowest BCUT2D eigenvalue weighted by Crippen LogP contribution is -2.29. The Morgan fingerprint density at radius 3 is 2.50 bits per heavy atom. The zero-order valence-electron chi connectivity index (χ0n) is 14.6. The smallest absolute Gasteiger partial charge is 0.165 e. The summed E-state index contributed by atoms with van der Waals surface area (Å²) in [5, 5.41) is 0. The van der Waals surface area contributed by atoms with E-state index in [-0.39, 0.29) is 5.41 Å². The molecular formula is C19H29N2O+. The second kappa shape index (κ2) is 7.10. The molecule has 0 unspecified atom stereocenters. The first-order valence-corrected chi connectivity index (χ1v) is 8.21. The average molecular weight is 301 g/mol. The molecule has 0 saturated heterocycles. The van der Waals surface area contributed by atoms with Crippen LogP contribution >= 0.6 is 0 Å². The first-order chi connectivity index (χ1) is 10.6. The molecule has 120 valence electrons. The molecule has 0 atom stereocenters. The molecule has 0 spiro atoms. The van der Waals surface area contributed by atoms with Crippen LogP contribution in [0, 0.1) is 0 Å². The third kappa shape index (κ3) is 3.09. The van der Waals surface area contributed by atoms with Crippen LogP contribution in [0.3, 0.4) is 0 Å². The van der Waals surface area contributed by atoms with Gasteiger partial charge in [0.25, 0.3) is 0 Å². The molecule has 3 heteroatoms. The molecule has 2 rings (SSSR count). The lowest BCUT2D eigenvalue weighted by Gasteiger charge is -2.26. The van der Waals surface area contributed by atoms with Crippen molar-refractivity contribution in [1.82, 2.24) is 0 Å². The van der Waals surface area contributed by atoms with E-state index in [1.807, 2.05) is 0 Å². The molecule has 0 N–H and O–H groups in total. The first-order valence-electron chi connectivity index (χ1n) is 8.21. The summed E-state index contributed by atoms with van der Waals surface area (Å²) in [6.07, 6.45) is 4.51. The maximum Gasteiger partial charge on any atom is 0.165 e. The van der Waals surface area contributed by atoms with Gasteiger partial charge < -0.3 is 9.64 Å². The van der Waals surface area contributed by atoms with Gasteiger partial charge in [-0.1, -0.05) is 32.0 Å². The van der Waals surface area contributed by atoms with Crippen molar-refractivity contribution in [2.24, 2.45) is 0 Å². The van der Waals surface area contributed by atoms with Crippen LogP contribution in [0.2, 0.25) is 0 Å². The number of para-hydroxylation sites is 1. The summed E-state index contributed by atoms with van der Waals surface area (Å²) >= 11 is 0. The summed E-state index contributed by atoms with van der Waals surface area (Å²) in [5.74, 6) is 0. The molecule has 0 saturated carbocycles. The quantitative estimate of drug-likeness (QED) is 0.591. The minimum absolute atomic E-state index is 0.0218. The van der Waals surface area contributed by atoms with Gasteiger partial charge in [0.15, 0.2) is 6.21 Å². The van der Waals surface area contributed by atoms with E-state index < -0.39 is 0 Å². The molecular weight excluding hydrogens is 272 g/mol. The third-order valence-electron chi connectivity index (χ3n) is 4.57. The monoisotopic (exact) mass is 301 g/mol. The summed E-state index contributed by atoms with van der Waals surface area (Å²) in [6.45, 7) is 12.7. The maximum atomic E-state index is 5.31. The predicted octanol–water partition coefficient (Wildman–Crippen LogP) is 3.44. The van der Waals surface area contributed by atoms with E-state index in [0.29, 0.717) is 0 Å². The van der Waals surface area contributed by atoms with E-state index in [1.165, 1.54) is 16.9 Å². The minimum atomic E-state index is 0.0218. The van der Waals surface area contributed by atoms with Gasteiger partial charge in [-0.25, -0.2) is 4.58 Å². The van der Waals surface area contributed by atoms with Gasteiger partial charge in [0, 0.05) is 36.5 Å². The van der Waals surface area contributed by atoms with Gasteiger partial charge in [-0.15, -0.1) is 0 Å². The SMILES string of the molecule is CC[N+](=CC=C1N(CCOC)c2ccccc2C1(C)C)CC. The lowest BCUT2D eigenvalue weighted by atomic mass is 9.84. The fourth-order valence-electron chi connectivity index (χ4n) is 3.17. The minimum Gasteiger partial charge on any atom is -0.383 e. The van der Waals surface area contributed by atoms with Crippen LogP contribution in [-0.2, 0) is 10.2 Å². The van der Waals surface area contributed by atoms with Crippen molar-refractivity contribution in [2.75, 3.05) is 38.3 Å². The molecule has 0 aromatic heterocycles. The molecule has 0 fully saturated rings. The molecule has 1 aromatic rings. The normalized spacial score (nSPS) is 17.7. The summed E-state index contributed by atoms with van der Waals surface area (Å²) in [7, 11) is 1.76. The number of methoxy groups -OCH3 is 1. The highest BCUT2D eigenvalue weighted by molar-refractivity contribution is 5.77. The predicted molar refractivity (Wildman–Crippen MR) is 94.2 cm³/mol. The van der Waals surface area contributed by atoms with Gasteiger partial charge in [0.05, 0.1) is 6.61 Å². The van der Waals surface area contributed by atoms with E-state index in [4.69, 9.17) is 4.74 Å². The molecule has 22 heavy (non-hydrogen) atoms. The van der Waals surface area contributed by atoms with Crippen molar-refractivity contribution in [3.05, 3.63) is 41.6 Å². The molecule has 1 aromatic carbocycles. The molecule has 0 radical (unpaired) electrons. The number of hydrogen-bond acceptors (Lipinski definition) is 2. The number of ether oxygens (including phenoxy) is 1. The Hall–Kier alpha value is -1.61. The van der Waals surface area contributed by atoms with Crippen molar-refractivity contribution in [1.29, 1.82) is 0 Å². The van der Waals surface area contributed by atoms with Gasteiger partial charge in [-0.2, -0.15) is 0 Å².